The standard InChI is InChI=1S/C16H26N2O2/c19-14(13-1-2-13)9-17-15(20)18-16-6-10-3-11(7-16)5-12(4-10)8-16/h10-14,19H,1-9H2,(H2,17,18,20). The van der Waals surface area contributed by atoms with Gasteiger partial charge < -0.3 is 15.7 Å². The van der Waals surface area contributed by atoms with Gasteiger partial charge in [0.05, 0.1) is 6.10 Å². The highest BCUT2D eigenvalue weighted by Gasteiger charge is 2.51. The van der Waals surface area contributed by atoms with Crippen LogP contribution in [0.15, 0.2) is 0 Å². The van der Waals surface area contributed by atoms with E-state index in [1.54, 1.807) is 0 Å². The molecule has 0 saturated heterocycles. The Balaban J connectivity index is 1.32. The molecular weight excluding hydrogens is 252 g/mol. The fraction of sp³-hybridized carbons (Fsp3) is 0.938. The second kappa shape index (κ2) is 4.62. The third-order valence-electron chi connectivity index (χ3n) is 6.05. The average molecular weight is 278 g/mol. The molecule has 4 heteroatoms. The lowest BCUT2D eigenvalue weighted by Crippen LogP contribution is -2.61. The fourth-order valence-corrected chi connectivity index (χ4v) is 5.39. The minimum atomic E-state index is -0.350. The monoisotopic (exact) mass is 278 g/mol. The maximum atomic E-state index is 12.1. The third kappa shape index (κ3) is 2.43. The lowest BCUT2D eigenvalue weighted by molar-refractivity contribution is -0.0137. The van der Waals surface area contributed by atoms with Gasteiger partial charge in [0, 0.05) is 12.1 Å². The number of carbonyl (C=O) groups excluding carboxylic acids is 1. The zero-order valence-electron chi connectivity index (χ0n) is 12.1. The Labute approximate surface area is 120 Å². The Hall–Kier alpha value is -0.770. The van der Waals surface area contributed by atoms with Crippen LogP contribution in [0.5, 0.6) is 0 Å². The first-order valence-electron chi connectivity index (χ1n) is 8.36. The molecule has 5 aliphatic rings. The molecule has 5 aliphatic carbocycles. The largest absolute Gasteiger partial charge is 0.391 e. The van der Waals surface area contributed by atoms with Gasteiger partial charge in [-0.2, -0.15) is 0 Å². The maximum absolute atomic E-state index is 12.1. The van der Waals surface area contributed by atoms with Crippen LogP contribution in [0.25, 0.3) is 0 Å². The average Bonchev–Trinajstić information content (AvgIpc) is 3.17. The molecular formula is C16H26N2O2. The number of rotatable bonds is 4. The van der Waals surface area contributed by atoms with Crippen LogP contribution in [-0.2, 0) is 0 Å². The lowest BCUT2D eigenvalue weighted by Gasteiger charge is -2.56. The number of amides is 2. The molecule has 4 bridgehead atoms. The van der Waals surface area contributed by atoms with Gasteiger partial charge in [-0.1, -0.05) is 0 Å². The van der Waals surface area contributed by atoms with Crippen molar-refractivity contribution in [1.29, 1.82) is 0 Å². The van der Waals surface area contributed by atoms with Crippen molar-refractivity contribution in [2.75, 3.05) is 6.54 Å². The smallest absolute Gasteiger partial charge is 0.315 e. The molecule has 112 valence electrons. The van der Waals surface area contributed by atoms with Crippen LogP contribution in [0.3, 0.4) is 0 Å². The highest BCUT2D eigenvalue weighted by molar-refractivity contribution is 5.75. The molecule has 0 aromatic carbocycles. The number of hydrogen-bond acceptors (Lipinski definition) is 2. The summed E-state index contributed by atoms with van der Waals surface area (Å²) in [7, 11) is 0. The Morgan fingerprint density at radius 3 is 2.15 bits per heavy atom. The molecule has 0 radical (unpaired) electrons. The molecule has 0 aliphatic heterocycles. The van der Waals surface area contributed by atoms with Crippen molar-refractivity contribution in [3.63, 3.8) is 0 Å². The van der Waals surface area contributed by atoms with Gasteiger partial charge in [-0.15, -0.1) is 0 Å². The van der Waals surface area contributed by atoms with Crippen molar-refractivity contribution >= 4 is 6.03 Å². The number of aliphatic hydroxyl groups excluding tert-OH is 1. The second-order valence-corrected chi connectivity index (χ2v) is 7.94. The van der Waals surface area contributed by atoms with Crippen LogP contribution in [0.4, 0.5) is 4.79 Å². The first-order valence-corrected chi connectivity index (χ1v) is 8.36. The maximum Gasteiger partial charge on any atom is 0.315 e. The Bertz CT molecular complexity index is 370. The molecule has 0 heterocycles. The van der Waals surface area contributed by atoms with Crippen molar-refractivity contribution < 1.29 is 9.90 Å². The minimum Gasteiger partial charge on any atom is -0.391 e. The molecule has 0 aromatic rings. The van der Waals surface area contributed by atoms with Gasteiger partial charge in [-0.3, -0.25) is 0 Å². The molecule has 1 unspecified atom stereocenters. The Kier molecular flexibility index (Phi) is 2.99. The van der Waals surface area contributed by atoms with E-state index in [4.69, 9.17) is 0 Å². The molecule has 0 aromatic heterocycles. The quantitative estimate of drug-likeness (QED) is 0.737. The van der Waals surface area contributed by atoms with Gasteiger partial charge in [-0.05, 0) is 75.0 Å². The number of nitrogens with one attached hydrogen (secondary N) is 2. The van der Waals surface area contributed by atoms with Crippen LogP contribution in [-0.4, -0.2) is 29.3 Å². The summed E-state index contributed by atoms with van der Waals surface area (Å²) in [5, 5.41) is 16.0. The summed E-state index contributed by atoms with van der Waals surface area (Å²) >= 11 is 0. The van der Waals surface area contributed by atoms with Crippen LogP contribution in [0.1, 0.15) is 51.4 Å². The molecule has 1 atom stereocenters. The Morgan fingerprint density at radius 1 is 1.10 bits per heavy atom. The van der Waals surface area contributed by atoms with Gasteiger partial charge in [-0.25, -0.2) is 4.79 Å². The van der Waals surface area contributed by atoms with Gasteiger partial charge in [0.1, 0.15) is 0 Å². The van der Waals surface area contributed by atoms with Gasteiger partial charge in [0.15, 0.2) is 0 Å². The Morgan fingerprint density at radius 2 is 1.65 bits per heavy atom. The molecule has 4 nitrogen and oxygen atoms in total. The van der Waals surface area contributed by atoms with Crippen molar-refractivity contribution in [1.82, 2.24) is 10.6 Å². The van der Waals surface area contributed by atoms with Crippen molar-refractivity contribution in [3.05, 3.63) is 0 Å². The summed E-state index contributed by atoms with van der Waals surface area (Å²) in [6.45, 7) is 0.406. The number of aliphatic hydroxyl groups is 1. The molecule has 20 heavy (non-hydrogen) atoms. The molecule has 5 rings (SSSR count). The second-order valence-electron chi connectivity index (χ2n) is 7.94. The number of carbonyl (C=O) groups is 1. The molecule has 0 spiro atoms. The van der Waals surface area contributed by atoms with Crippen LogP contribution < -0.4 is 10.6 Å². The predicted molar refractivity (Wildman–Crippen MR) is 76.2 cm³/mol. The van der Waals surface area contributed by atoms with Gasteiger partial charge in [0.2, 0.25) is 0 Å². The molecule has 2 amide bonds. The normalized spacial score (nSPS) is 43.4. The van der Waals surface area contributed by atoms with Crippen molar-refractivity contribution in [2.45, 2.75) is 63.0 Å². The van der Waals surface area contributed by atoms with E-state index in [1.807, 2.05) is 0 Å². The fourth-order valence-electron chi connectivity index (χ4n) is 5.39. The highest BCUT2D eigenvalue weighted by Crippen LogP contribution is 2.55. The van der Waals surface area contributed by atoms with Crippen LogP contribution in [0, 0.1) is 23.7 Å². The summed E-state index contributed by atoms with van der Waals surface area (Å²) in [6, 6.07) is -0.0633. The van der Waals surface area contributed by atoms with Crippen LogP contribution in [0.2, 0.25) is 0 Å². The lowest BCUT2D eigenvalue weighted by atomic mass is 9.53. The van der Waals surface area contributed by atoms with Crippen LogP contribution >= 0.6 is 0 Å². The SMILES string of the molecule is O=C(NCC(O)C1CC1)NC12CC3CC(CC(C3)C1)C2. The number of hydrogen-bond donors (Lipinski definition) is 3. The molecule has 5 fully saturated rings. The minimum absolute atomic E-state index is 0.0633. The van der Waals surface area contributed by atoms with E-state index < -0.39 is 0 Å². The van der Waals surface area contributed by atoms with E-state index in [1.165, 1.54) is 38.5 Å². The van der Waals surface area contributed by atoms with E-state index in [9.17, 15) is 9.90 Å². The van der Waals surface area contributed by atoms with E-state index >= 15 is 0 Å². The summed E-state index contributed by atoms with van der Waals surface area (Å²) < 4.78 is 0. The summed E-state index contributed by atoms with van der Waals surface area (Å²) in [6.07, 6.45) is 9.58. The summed E-state index contributed by atoms with van der Waals surface area (Å²) in [4.78, 5) is 12.1. The zero-order chi connectivity index (χ0) is 13.7. The van der Waals surface area contributed by atoms with E-state index in [0.717, 1.165) is 30.6 Å². The van der Waals surface area contributed by atoms with E-state index in [2.05, 4.69) is 10.6 Å². The van der Waals surface area contributed by atoms with E-state index in [0.29, 0.717) is 12.5 Å². The van der Waals surface area contributed by atoms with Crippen molar-refractivity contribution in [2.24, 2.45) is 23.7 Å². The predicted octanol–water partition coefficient (Wildman–Crippen LogP) is 2.03. The molecule has 5 saturated carbocycles. The first kappa shape index (κ1) is 12.9. The molecule has 3 N–H and O–H groups in total. The third-order valence-corrected chi connectivity index (χ3v) is 6.05. The summed E-state index contributed by atoms with van der Waals surface area (Å²) in [5.74, 6) is 2.96. The highest BCUT2D eigenvalue weighted by atomic mass is 16.3. The van der Waals surface area contributed by atoms with Crippen molar-refractivity contribution in [3.8, 4) is 0 Å². The van der Waals surface area contributed by atoms with Gasteiger partial charge in [0.25, 0.3) is 0 Å². The van der Waals surface area contributed by atoms with Gasteiger partial charge >= 0.3 is 6.03 Å². The topological polar surface area (TPSA) is 61.4 Å². The first-order chi connectivity index (χ1) is 9.62. The zero-order valence-corrected chi connectivity index (χ0v) is 12.1. The summed E-state index contributed by atoms with van der Waals surface area (Å²) in [5.41, 5.74) is 0.0728. The number of urea groups is 1. The van der Waals surface area contributed by atoms with E-state index in [-0.39, 0.29) is 17.7 Å².